The van der Waals surface area contributed by atoms with E-state index in [0.29, 0.717) is 21.9 Å². The normalized spacial score (nSPS) is 15.4. The van der Waals surface area contributed by atoms with Crippen LogP contribution in [0.5, 0.6) is 11.5 Å². The molecule has 3 aromatic rings. The zero-order chi connectivity index (χ0) is 24.5. The number of aliphatic hydroxyl groups is 1. The Morgan fingerprint density at radius 1 is 1.12 bits per heavy atom. The molecule has 8 nitrogen and oxygen atoms in total. The molecule has 2 N–H and O–H groups in total. The Labute approximate surface area is 197 Å². The summed E-state index contributed by atoms with van der Waals surface area (Å²) in [5, 5.41) is 10.4. The molecule has 0 atom stereocenters. The quantitative estimate of drug-likeness (QED) is 0.504. The second kappa shape index (κ2) is 9.11. The summed E-state index contributed by atoms with van der Waals surface area (Å²) < 4.78 is 54.8. The fourth-order valence-corrected chi connectivity index (χ4v) is 4.70. The van der Waals surface area contributed by atoms with Crippen LogP contribution in [0.1, 0.15) is 25.8 Å². The number of hydrogen-bond donors (Lipinski definition) is 2. The summed E-state index contributed by atoms with van der Waals surface area (Å²) in [6.07, 6.45) is 0.400. The van der Waals surface area contributed by atoms with Gasteiger partial charge in [0.1, 0.15) is 30.3 Å². The van der Waals surface area contributed by atoms with E-state index in [-0.39, 0.29) is 30.0 Å². The molecule has 0 bridgehead atoms. The summed E-state index contributed by atoms with van der Waals surface area (Å²) in [7, 11) is -4.25. The second-order valence-corrected chi connectivity index (χ2v) is 10.2. The van der Waals surface area contributed by atoms with Crippen LogP contribution in [-0.2, 0) is 21.6 Å². The number of fused-ring (bicyclic) bond motifs is 1. The molecule has 1 aliphatic heterocycles. The molecule has 1 fully saturated rings. The van der Waals surface area contributed by atoms with Crippen LogP contribution < -0.4 is 18.5 Å². The molecular formula is C24H25FN2O6S. The van der Waals surface area contributed by atoms with Gasteiger partial charge in [-0.2, -0.15) is 8.42 Å². The third kappa shape index (κ3) is 5.23. The minimum absolute atomic E-state index is 0.0254. The van der Waals surface area contributed by atoms with E-state index in [1.165, 1.54) is 12.1 Å². The van der Waals surface area contributed by atoms with Crippen LogP contribution in [0.25, 0.3) is 10.8 Å². The fraction of sp³-hybridized carbons (Fsp3) is 0.292. The smallest absolute Gasteiger partial charge is 0.326 e. The lowest BCUT2D eigenvalue weighted by molar-refractivity contribution is -0.117. The largest absolute Gasteiger partial charge is 0.493 e. The van der Waals surface area contributed by atoms with Gasteiger partial charge in [0, 0.05) is 11.8 Å². The van der Waals surface area contributed by atoms with E-state index in [9.17, 15) is 18.3 Å². The summed E-state index contributed by atoms with van der Waals surface area (Å²) in [6.45, 7) is 3.12. The predicted molar refractivity (Wildman–Crippen MR) is 125 cm³/mol. The van der Waals surface area contributed by atoms with Gasteiger partial charge in [-0.3, -0.25) is 4.79 Å². The lowest BCUT2D eigenvalue weighted by Crippen LogP contribution is -2.30. The lowest BCUT2D eigenvalue weighted by Gasteiger charge is -2.21. The SMILES string of the molecule is CC(C)(O)CCOc1ccc2c(F)c(N3CC(=O)NS3(=O)=O)c(OCc3ccccc3)cc2c1. The van der Waals surface area contributed by atoms with Gasteiger partial charge in [-0.25, -0.2) is 13.4 Å². The van der Waals surface area contributed by atoms with Gasteiger partial charge < -0.3 is 14.6 Å². The highest BCUT2D eigenvalue weighted by molar-refractivity contribution is 7.92. The Bertz CT molecular complexity index is 1320. The van der Waals surface area contributed by atoms with Gasteiger partial charge >= 0.3 is 10.2 Å². The van der Waals surface area contributed by atoms with Crippen molar-refractivity contribution in [1.82, 2.24) is 4.72 Å². The molecule has 34 heavy (non-hydrogen) atoms. The molecule has 0 aromatic heterocycles. The van der Waals surface area contributed by atoms with E-state index in [0.717, 1.165) is 5.56 Å². The van der Waals surface area contributed by atoms with Crippen molar-refractivity contribution in [2.75, 3.05) is 17.5 Å². The van der Waals surface area contributed by atoms with Crippen molar-refractivity contribution in [3.8, 4) is 11.5 Å². The molecule has 1 amide bonds. The van der Waals surface area contributed by atoms with Crippen molar-refractivity contribution < 1.29 is 32.2 Å². The highest BCUT2D eigenvalue weighted by Crippen LogP contribution is 2.40. The first kappa shape index (κ1) is 23.8. The molecule has 0 spiro atoms. The van der Waals surface area contributed by atoms with Crippen molar-refractivity contribution in [3.63, 3.8) is 0 Å². The first-order valence-electron chi connectivity index (χ1n) is 10.6. The van der Waals surface area contributed by atoms with Crippen molar-refractivity contribution in [3.05, 3.63) is 66.0 Å². The Morgan fingerprint density at radius 3 is 2.50 bits per heavy atom. The molecular weight excluding hydrogens is 463 g/mol. The van der Waals surface area contributed by atoms with Crippen molar-refractivity contribution >= 4 is 32.6 Å². The Hall–Kier alpha value is -3.37. The number of hydrogen-bond acceptors (Lipinski definition) is 6. The van der Waals surface area contributed by atoms with Crippen LogP contribution in [0.3, 0.4) is 0 Å². The van der Waals surface area contributed by atoms with Crippen LogP contribution >= 0.6 is 0 Å². The average Bonchev–Trinajstić information content (AvgIpc) is 3.03. The molecule has 4 rings (SSSR count). The number of rotatable bonds is 8. The molecule has 0 aliphatic carbocycles. The monoisotopic (exact) mass is 488 g/mol. The van der Waals surface area contributed by atoms with E-state index in [4.69, 9.17) is 9.47 Å². The van der Waals surface area contributed by atoms with Crippen LogP contribution in [-0.4, -0.2) is 38.2 Å². The molecule has 0 radical (unpaired) electrons. The van der Waals surface area contributed by atoms with Crippen molar-refractivity contribution in [2.24, 2.45) is 0 Å². The van der Waals surface area contributed by atoms with E-state index in [2.05, 4.69) is 0 Å². The number of anilines is 1. The van der Waals surface area contributed by atoms with Gasteiger partial charge in [0.15, 0.2) is 5.82 Å². The second-order valence-electron chi connectivity index (χ2n) is 8.64. The lowest BCUT2D eigenvalue weighted by atomic mass is 10.1. The first-order valence-corrected chi connectivity index (χ1v) is 12.1. The standard InChI is InChI=1S/C24H25FN2O6S/c1-24(2,29)10-11-32-18-8-9-19-17(12-18)13-20(33-15-16-6-4-3-5-7-16)23(22(19)25)27-14-21(28)26-34(27,30)31/h3-9,12-13,29H,10-11,14-15H2,1-2H3,(H,26,28). The molecule has 0 unspecified atom stereocenters. The van der Waals surface area contributed by atoms with E-state index < -0.39 is 34.1 Å². The number of carbonyl (C=O) groups excluding carboxylic acids is 1. The third-order valence-electron chi connectivity index (χ3n) is 5.28. The molecule has 1 heterocycles. The zero-order valence-corrected chi connectivity index (χ0v) is 19.6. The average molecular weight is 489 g/mol. The van der Waals surface area contributed by atoms with Gasteiger partial charge in [0.25, 0.3) is 5.91 Å². The van der Waals surface area contributed by atoms with E-state index >= 15 is 4.39 Å². The van der Waals surface area contributed by atoms with Crippen LogP contribution in [0, 0.1) is 5.82 Å². The summed E-state index contributed by atoms with van der Waals surface area (Å²) in [5.41, 5.74) is -0.420. The summed E-state index contributed by atoms with van der Waals surface area (Å²) in [4.78, 5) is 11.8. The predicted octanol–water partition coefficient (Wildman–Crippen LogP) is 3.28. The Balaban J connectivity index is 1.74. The molecule has 10 heteroatoms. The number of amides is 1. The maximum absolute atomic E-state index is 15.7. The van der Waals surface area contributed by atoms with Crippen molar-refractivity contribution in [1.29, 1.82) is 0 Å². The summed E-state index contributed by atoms with van der Waals surface area (Å²) in [5.74, 6) is -1.15. The van der Waals surface area contributed by atoms with E-state index in [1.807, 2.05) is 35.1 Å². The third-order valence-corrected chi connectivity index (χ3v) is 6.65. The van der Waals surface area contributed by atoms with Crippen LogP contribution in [0.2, 0.25) is 0 Å². The minimum Gasteiger partial charge on any atom is -0.493 e. The number of carbonyl (C=O) groups is 1. The van der Waals surface area contributed by atoms with Crippen LogP contribution in [0.4, 0.5) is 10.1 Å². The van der Waals surface area contributed by atoms with E-state index in [1.54, 1.807) is 26.0 Å². The highest BCUT2D eigenvalue weighted by atomic mass is 32.2. The van der Waals surface area contributed by atoms with Gasteiger partial charge in [-0.15, -0.1) is 0 Å². The number of benzene rings is 3. The van der Waals surface area contributed by atoms with Crippen LogP contribution in [0.15, 0.2) is 54.6 Å². The van der Waals surface area contributed by atoms with Gasteiger partial charge in [0.05, 0.1) is 12.2 Å². The van der Waals surface area contributed by atoms with Gasteiger partial charge in [-0.05, 0) is 49.1 Å². The number of nitrogens with one attached hydrogen (secondary N) is 1. The summed E-state index contributed by atoms with van der Waals surface area (Å²) >= 11 is 0. The maximum atomic E-state index is 15.7. The molecule has 1 saturated heterocycles. The number of ether oxygens (including phenoxy) is 2. The topological polar surface area (TPSA) is 105 Å². The fourth-order valence-electron chi connectivity index (χ4n) is 3.54. The Kier molecular flexibility index (Phi) is 6.37. The number of halogens is 1. The first-order chi connectivity index (χ1) is 16.0. The van der Waals surface area contributed by atoms with Gasteiger partial charge in [0.2, 0.25) is 0 Å². The highest BCUT2D eigenvalue weighted by Gasteiger charge is 2.38. The summed E-state index contributed by atoms with van der Waals surface area (Å²) in [6, 6.07) is 15.3. The zero-order valence-electron chi connectivity index (χ0n) is 18.7. The molecule has 180 valence electrons. The van der Waals surface area contributed by atoms with Crippen molar-refractivity contribution in [2.45, 2.75) is 32.5 Å². The maximum Gasteiger partial charge on any atom is 0.326 e. The minimum atomic E-state index is -4.25. The molecule has 1 aliphatic rings. The Morgan fingerprint density at radius 2 is 1.85 bits per heavy atom. The van der Waals surface area contributed by atoms with Gasteiger partial charge in [-0.1, -0.05) is 30.3 Å². The molecule has 0 saturated carbocycles. The number of nitrogens with zero attached hydrogens (tertiary/aromatic N) is 1. The molecule has 3 aromatic carbocycles.